The molecule has 4 aromatic carbocycles. The highest BCUT2D eigenvalue weighted by Crippen LogP contribution is 2.31. The number of fused-ring (bicyclic) bond motifs is 2. The number of benzene rings is 4. The van der Waals surface area contributed by atoms with Crippen molar-refractivity contribution in [2.75, 3.05) is 13.2 Å². The van der Waals surface area contributed by atoms with E-state index < -0.39 is 5.60 Å². The van der Waals surface area contributed by atoms with Crippen molar-refractivity contribution < 1.29 is 23.8 Å². The van der Waals surface area contributed by atoms with Crippen molar-refractivity contribution in [2.24, 2.45) is 0 Å². The first-order valence-corrected chi connectivity index (χ1v) is 15.0. The molecule has 6 nitrogen and oxygen atoms in total. The number of hydrogen-bond acceptors (Lipinski definition) is 5. The van der Waals surface area contributed by atoms with Gasteiger partial charge >= 0.3 is 5.97 Å². The van der Waals surface area contributed by atoms with Crippen LogP contribution in [0.15, 0.2) is 91.1 Å². The fraction of sp³-hybridized carbons (Fsp3) is 0.297. The van der Waals surface area contributed by atoms with E-state index in [1.807, 2.05) is 72.8 Å². The second-order valence-electron chi connectivity index (χ2n) is 11.2. The maximum atomic E-state index is 13.0. The van der Waals surface area contributed by atoms with Crippen molar-refractivity contribution in [1.29, 1.82) is 0 Å². The zero-order chi connectivity index (χ0) is 30.4. The van der Waals surface area contributed by atoms with Crippen LogP contribution in [0.1, 0.15) is 62.0 Å². The van der Waals surface area contributed by atoms with Crippen molar-refractivity contribution >= 4 is 33.4 Å². The van der Waals surface area contributed by atoms with Crippen molar-refractivity contribution in [3.05, 3.63) is 108 Å². The summed E-state index contributed by atoms with van der Waals surface area (Å²) in [7, 11) is 0. The van der Waals surface area contributed by atoms with E-state index in [-0.39, 0.29) is 11.8 Å². The quantitative estimate of drug-likeness (QED) is 0.0802. The second-order valence-corrected chi connectivity index (χ2v) is 11.2. The smallest absolute Gasteiger partial charge is 0.349 e. The molecule has 43 heavy (non-hydrogen) atoms. The van der Waals surface area contributed by atoms with Gasteiger partial charge in [-0.1, -0.05) is 61.9 Å². The molecule has 0 unspecified atom stereocenters. The second kappa shape index (κ2) is 13.2. The first kappa shape index (κ1) is 29.9. The Balaban J connectivity index is 1.27. The van der Waals surface area contributed by atoms with Crippen LogP contribution in [0.25, 0.3) is 21.7 Å². The number of nitrogens with zero attached hydrogens (tertiary/aromatic N) is 1. The molecule has 0 amide bonds. The molecule has 222 valence electrons. The van der Waals surface area contributed by atoms with E-state index >= 15 is 0 Å². The summed E-state index contributed by atoms with van der Waals surface area (Å²) in [4.78, 5) is 25.3. The molecule has 0 aliphatic carbocycles. The van der Waals surface area contributed by atoms with E-state index in [0.717, 1.165) is 53.2 Å². The van der Waals surface area contributed by atoms with Gasteiger partial charge in [0.2, 0.25) is 0 Å². The van der Waals surface area contributed by atoms with Crippen LogP contribution in [0.4, 0.5) is 0 Å². The molecule has 0 saturated heterocycles. The summed E-state index contributed by atoms with van der Waals surface area (Å²) in [6.45, 7) is 9.04. The number of ether oxygens (including phenoxy) is 3. The number of aryl methyl sites for hydroxylation is 2. The third-order valence-electron chi connectivity index (χ3n) is 7.57. The minimum atomic E-state index is -1.08. The van der Waals surface area contributed by atoms with Gasteiger partial charge in [-0.15, -0.1) is 0 Å². The number of esters is 1. The molecule has 0 N–H and O–H groups in total. The molecule has 0 radical (unpaired) electrons. The third kappa shape index (κ3) is 6.75. The molecular weight excluding hydrogens is 538 g/mol. The van der Waals surface area contributed by atoms with Gasteiger partial charge < -0.3 is 18.8 Å². The highest BCUT2D eigenvalue weighted by Gasteiger charge is 2.31. The molecule has 0 fully saturated rings. The van der Waals surface area contributed by atoms with Gasteiger partial charge in [0.05, 0.1) is 18.7 Å². The highest BCUT2D eigenvalue weighted by atomic mass is 16.6. The van der Waals surface area contributed by atoms with Crippen molar-refractivity contribution in [3.8, 4) is 11.5 Å². The number of aromatic nitrogens is 1. The van der Waals surface area contributed by atoms with Gasteiger partial charge in [-0.05, 0) is 80.1 Å². The maximum absolute atomic E-state index is 13.0. The third-order valence-corrected chi connectivity index (χ3v) is 7.57. The Kier molecular flexibility index (Phi) is 9.15. The van der Waals surface area contributed by atoms with Crippen LogP contribution < -0.4 is 9.47 Å². The first-order valence-electron chi connectivity index (χ1n) is 15.0. The molecule has 5 rings (SSSR count). The lowest BCUT2D eigenvalue weighted by atomic mass is 9.95. The summed E-state index contributed by atoms with van der Waals surface area (Å²) in [6.07, 6.45) is 4.77. The standard InChI is InChI=1S/C37H39NO5/c1-5-11-32-31-18-15-29(35(39)27-12-8-7-9-13-27)24-28(31)16-19-34(32)42-23-10-21-38-22-20-26-14-17-30(25-33(26)38)43-37(3,4)36(40)41-6-2/h7-9,12-20,22,24-25H,5-6,10-11,21,23H2,1-4H3. The molecule has 1 heterocycles. The number of rotatable bonds is 13. The number of carbonyl (C=O) groups is 2. The van der Waals surface area contributed by atoms with Crippen LogP contribution in [0, 0.1) is 0 Å². The van der Waals surface area contributed by atoms with E-state index in [9.17, 15) is 9.59 Å². The van der Waals surface area contributed by atoms with Gasteiger partial charge in [0, 0.05) is 35.5 Å². The lowest BCUT2D eigenvalue weighted by Gasteiger charge is -2.24. The van der Waals surface area contributed by atoms with Crippen LogP contribution in [0.2, 0.25) is 0 Å². The summed E-state index contributed by atoms with van der Waals surface area (Å²) in [6, 6.07) is 27.4. The molecule has 0 spiro atoms. The minimum Gasteiger partial charge on any atom is -0.493 e. The Hall–Kier alpha value is -4.58. The highest BCUT2D eigenvalue weighted by molar-refractivity contribution is 6.10. The molecule has 6 heteroatoms. The lowest BCUT2D eigenvalue weighted by Crippen LogP contribution is -2.39. The van der Waals surface area contributed by atoms with Crippen molar-refractivity contribution in [1.82, 2.24) is 4.57 Å². The molecular formula is C37H39NO5. The Morgan fingerprint density at radius 2 is 1.63 bits per heavy atom. The van der Waals surface area contributed by atoms with E-state index in [2.05, 4.69) is 29.8 Å². The Morgan fingerprint density at radius 1 is 0.837 bits per heavy atom. The Bertz CT molecular complexity index is 1730. The van der Waals surface area contributed by atoms with E-state index in [0.29, 0.717) is 30.1 Å². The predicted octanol–water partition coefficient (Wildman–Crippen LogP) is 8.17. The van der Waals surface area contributed by atoms with Crippen molar-refractivity contribution in [2.45, 2.75) is 59.1 Å². The SMILES string of the molecule is CCCc1c(OCCCn2ccc3ccc(OC(C)(C)C(=O)OCC)cc32)ccc2cc(C(=O)c3ccccc3)ccc12. The molecule has 5 aromatic rings. The van der Waals surface area contributed by atoms with E-state index in [1.54, 1.807) is 20.8 Å². The molecule has 1 aromatic heterocycles. The average molecular weight is 578 g/mol. The van der Waals surface area contributed by atoms with Crippen molar-refractivity contribution in [3.63, 3.8) is 0 Å². The summed E-state index contributed by atoms with van der Waals surface area (Å²) >= 11 is 0. The average Bonchev–Trinajstić information content (AvgIpc) is 3.42. The number of carbonyl (C=O) groups excluding carboxylic acids is 2. The molecule has 0 saturated carbocycles. The summed E-state index contributed by atoms with van der Waals surface area (Å²) in [5.74, 6) is 1.15. The van der Waals surface area contributed by atoms with E-state index in [4.69, 9.17) is 14.2 Å². The van der Waals surface area contributed by atoms with Gasteiger partial charge in [-0.3, -0.25) is 4.79 Å². The molecule has 0 atom stereocenters. The summed E-state index contributed by atoms with van der Waals surface area (Å²) in [5, 5.41) is 3.27. The fourth-order valence-corrected chi connectivity index (χ4v) is 5.40. The molecule has 0 aliphatic heterocycles. The van der Waals surface area contributed by atoms with Crippen LogP contribution in [-0.2, 0) is 22.5 Å². The zero-order valence-electron chi connectivity index (χ0n) is 25.4. The number of hydrogen-bond donors (Lipinski definition) is 0. The van der Waals surface area contributed by atoms with Gasteiger partial charge in [-0.25, -0.2) is 4.79 Å². The Morgan fingerprint density at radius 3 is 2.40 bits per heavy atom. The largest absolute Gasteiger partial charge is 0.493 e. The lowest BCUT2D eigenvalue weighted by molar-refractivity contribution is -0.158. The maximum Gasteiger partial charge on any atom is 0.349 e. The number of ketones is 1. The van der Waals surface area contributed by atoms with Gasteiger partial charge in [0.15, 0.2) is 11.4 Å². The normalized spacial score (nSPS) is 11.5. The first-order chi connectivity index (χ1) is 20.8. The minimum absolute atomic E-state index is 0.0267. The fourth-order valence-electron chi connectivity index (χ4n) is 5.40. The monoisotopic (exact) mass is 577 g/mol. The van der Waals surface area contributed by atoms with Crippen LogP contribution in [0.5, 0.6) is 11.5 Å². The van der Waals surface area contributed by atoms with Gasteiger partial charge in [0.1, 0.15) is 11.5 Å². The van der Waals surface area contributed by atoms with Gasteiger partial charge in [-0.2, -0.15) is 0 Å². The Labute approximate surface area is 253 Å². The molecule has 0 bridgehead atoms. The predicted molar refractivity (Wildman–Crippen MR) is 171 cm³/mol. The van der Waals surface area contributed by atoms with Crippen LogP contribution in [-0.4, -0.2) is 35.1 Å². The molecule has 0 aliphatic rings. The van der Waals surface area contributed by atoms with Crippen LogP contribution in [0.3, 0.4) is 0 Å². The summed E-state index contributed by atoms with van der Waals surface area (Å²) in [5.41, 5.74) is 2.51. The zero-order valence-corrected chi connectivity index (χ0v) is 25.4. The topological polar surface area (TPSA) is 66.8 Å². The van der Waals surface area contributed by atoms with E-state index in [1.165, 1.54) is 5.56 Å². The van der Waals surface area contributed by atoms with Crippen LogP contribution >= 0.6 is 0 Å². The summed E-state index contributed by atoms with van der Waals surface area (Å²) < 4.78 is 19.7. The van der Waals surface area contributed by atoms with Gasteiger partial charge in [0.25, 0.3) is 0 Å².